The number of nitrogens with two attached hydrogens (primary N) is 1. The fraction of sp³-hybridized carbons (Fsp3) is 0.333. The van der Waals surface area contributed by atoms with Crippen molar-refractivity contribution < 1.29 is 0 Å². The number of aryl methyl sites for hydroxylation is 1. The Kier molecular flexibility index (Phi) is 2.52. The van der Waals surface area contributed by atoms with E-state index in [0.717, 1.165) is 19.3 Å². The smallest absolute Gasteiger partial charge is 0.0459 e. The van der Waals surface area contributed by atoms with E-state index < -0.39 is 0 Å². The fourth-order valence-electron chi connectivity index (χ4n) is 3.02. The topological polar surface area (TPSA) is 41.8 Å². The van der Waals surface area contributed by atoms with Crippen LogP contribution in [-0.4, -0.2) is 4.98 Å². The van der Waals surface area contributed by atoms with Crippen molar-refractivity contribution in [3.8, 4) is 0 Å². The molecule has 2 heteroatoms. The lowest BCUT2D eigenvalue weighted by Crippen LogP contribution is -2.26. The van der Waals surface area contributed by atoms with E-state index in [0.29, 0.717) is 5.92 Å². The Hall–Kier alpha value is -1.54. The average Bonchev–Trinajstić information content (AvgIpc) is 2.72. The van der Waals surface area contributed by atoms with Gasteiger partial charge in [0.2, 0.25) is 0 Å². The van der Waals surface area contributed by atoms with E-state index >= 15 is 0 Å². The lowest BCUT2D eigenvalue weighted by Gasteiger charge is -2.28. The summed E-state index contributed by atoms with van der Waals surface area (Å²) in [6.45, 7) is 3.83. The van der Waals surface area contributed by atoms with Gasteiger partial charge in [-0.25, -0.2) is 0 Å². The highest BCUT2D eigenvalue weighted by molar-refractivity contribution is 5.85. The van der Waals surface area contributed by atoms with Gasteiger partial charge in [-0.3, -0.25) is 0 Å². The molecule has 0 bridgehead atoms. The van der Waals surface area contributed by atoms with E-state index in [1.807, 2.05) is 6.08 Å². The Labute approximate surface area is 102 Å². The molecule has 0 amide bonds. The highest BCUT2D eigenvalue weighted by Gasteiger charge is 2.28. The van der Waals surface area contributed by atoms with Gasteiger partial charge in [0, 0.05) is 22.6 Å². The first kappa shape index (κ1) is 10.6. The second-order valence-corrected chi connectivity index (χ2v) is 4.91. The van der Waals surface area contributed by atoms with E-state index in [2.05, 4.69) is 35.8 Å². The molecular weight excluding hydrogens is 208 g/mol. The van der Waals surface area contributed by atoms with Crippen molar-refractivity contribution in [2.24, 2.45) is 11.7 Å². The van der Waals surface area contributed by atoms with Crippen molar-refractivity contribution in [3.63, 3.8) is 0 Å². The molecule has 2 atom stereocenters. The minimum Gasteiger partial charge on any atom is -0.358 e. The zero-order valence-electron chi connectivity index (χ0n) is 9.95. The summed E-state index contributed by atoms with van der Waals surface area (Å²) >= 11 is 0. The third kappa shape index (κ3) is 1.60. The van der Waals surface area contributed by atoms with Crippen LogP contribution in [0.2, 0.25) is 0 Å². The summed E-state index contributed by atoms with van der Waals surface area (Å²) < 4.78 is 0. The normalized spacial score (nSPS) is 23.6. The SMILES string of the molecule is C=CCC1CCc2[nH]c3ccccc3c2C1N. The summed E-state index contributed by atoms with van der Waals surface area (Å²) in [7, 11) is 0. The third-order valence-corrected chi connectivity index (χ3v) is 3.90. The number of rotatable bonds is 2. The highest BCUT2D eigenvalue weighted by Crippen LogP contribution is 2.38. The lowest BCUT2D eigenvalue weighted by molar-refractivity contribution is 0.382. The van der Waals surface area contributed by atoms with Gasteiger partial charge in [-0.15, -0.1) is 6.58 Å². The maximum absolute atomic E-state index is 6.42. The van der Waals surface area contributed by atoms with Crippen LogP contribution in [0.3, 0.4) is 0 Å². The van der Waals surface area contributed by atoms with Crippen LogP contribution in [0.4, 0.5) is 0 Å². The van der Waals surface area contributed by atoms with Gasteiger partial charge in [-0.1, -0.05) is 24.3 Å². The number of aromatic nitrogens is 1. The van der Waals surface area contributed by atoms with E-state index in [4.69, 9.17) is 5.73 Å². The Morgan fingerprint density at radius 2 is 2.24 bits per heavy atom. The van der Waals surface area contributed by atoms with Gasteiger partial charge < -0.3 is 10.7 Å². The van der Waals surface area contributed by atoms with Gasteiger partial charge in [-0.05, 0) is 36.8 Å². The van der Waals surface area contributed by atoms with Crippen LogP contribution < -0.4 is 5.73 Å². The predicted molar refractivity (Wildman–Crippen MR) is 71.9 cm³/mol. The van der Waals surface area contributed by atoms with Crippen LogP contribution in [0.15, 0.2) is 36.9 Å². The van der Waals surface area contributed by atoms with Gasteiger partial charge in [0.1, 0.15) is 0 Å². The fourth-order valence-corrected chi connectivity index (χ4v) is 3.02. The summed E-state index contributed by atoms with van der Waals surface area (Å²) in [5.41, 5.74) is 10.3. The molecule has 3 N–H and O–H groups in total. The van der Waals surface area contributed by atoms with Crippen molar-refractivity contribution in [2.75, 3.05) is 0 Å². The van der Waals surface area contributed by atoms with Crippen LogP contribution in [0.5, 0.6) is 0 Å². The number of benzene rings is 1. The summed E-state index contributed by atoms with van der Waals surface area (Å²) in [6.07, 6.45) is 5.27. The molecule has 0 fully saturated rings. The lowest BCUT2D eigenvalue weighted by atomic mass is 9.80. The first-order valence-electron chi connectivity index (χ1n) is 6.27. The molecule has 0 spiro atoms. The standard InChI is InChI=1S/C15H18N2/c1-2-5-10-8-9-13-14(15(10)16)11-6-3-4-7-12(11)17-13/h2-4,6-7,10,15,17H,1,5,8-9,16H2. The minimum atomic E-state index is 0.146. The minimum absolute atomic E-state index is 0.146. The van der Waals surface area contributed by atoms with Gasteiger partial charge in [0.25, 0.3) is 0 Å². The van der Waals surface area contributed by atoms with Crippen molar-refractivity contribution >= 4 is 10.9 Å². The van der Waals surface area contributed by atoms with Crippen LogP contribution in [0.25, 0.3) is 10.9 Å². The molecular formula is C15H18N2. The number of fused-ring (bicyclic) bond motifs is 3. The summed E-state index contributed by atoms with van der Waals surface area (Å²) in [5, 5.41) is 1.30. The predicted octanol–water partition coefficient (Wildman–Crippen LogP) is 3.31. The average molecular weight is 226 g/mol. The van der Waals surface area contributed by atoms with E-state index in [9.17, 15) is 0 Å². The number of hydrogen-bond acceptors (Lipinski definition) is 1. The molecule has 17 heavy (non-hydrogen) atoms. The van der Waals surface area contributed by atoms with E-state index in [1.54, 1.807) is 0 Å². The Morgan fingerprint density at radius 3 is 3.06 bits per heavy atom. The molecule has 2 aromatic rings. The van der Waals surface area contributed by atoms with Gasteiger partial charge in [0.15, 0.2) is 0 Å². The number of hydrogen-bond donors (Lipinski definition) is 2. The van der Waals surface area contributed by atoms with Crippen LogP contribution >= 0.6 is 0 Å². The maximum atomic E-state index is 6.42. The number of aromatic amines is 1. The molecule has 1 aromatic heterocycles. The molecule has 0 saturated heterocycles. The quantitative estimate of drug-likeness (QED) is 0.758. The van der Waals surface area contributed by atoms with Crippen molar-refractivity contribution in [2.45, 2.75) is 25.3 Å². The van der Waals surface area contributed by atoms with Crippen LogP contribution in [-0.2, 0) is 6.42 Å². The summed E-state index contributed by atoms with van der Waals surface area (Å²) in [5.74, 6) is 0.541. The van der Waals surface area contributed by atoms with Crippen LogP contribution in [0, 0.1) is 5.92 Å². The van der Waals surface area contributed by atoms with Crippen molar-refractivity contribution in [1.29, 1.82) is 0 Å². The van der Waals surface area contributed by atoms with Gasteiger partial charge >= 0.3 is 0 Å². The molecule has 1 aliphatic carbocycles. The highest BCUT2D eigenvalue weighted by atomic mass is 14.8. The van der Waals surface area contributed by atoms with E-state index in [-0.39, 0.29) is 6.04 Å². The number of para-hydroxylation sites is 1. The Balaban J connectivity index is 2.12. The zero-order valence-corrected chi connectivity index (χ0v) is 9.95. The molecule has 0 aliphatic heterocycles. The molecule has 2 unspecified atom stereocenters. The first-order valence-corrected chi connectivity index (χ1v) is 6.27. The monoisotopic (exact) mass is 226 g/mol. The molecule has 3 rings (SSSR count). The second-order valence-electron chi connectivity index (χ2n) is 4.91. The van der Waals surface area contributed by atoms with E-state index in [1.165, 1.54) is 22.2 Å². The Morgan fingerprint density at radius 1 is 1.41 bits per heavy atom. The summed E-state index contributed by atoms with van der Waals surface area (Å²) in [4.78, 5) is 3.50. The first-order chi connectivity index (χ1) is 8.31. The number of nitrogens with one attached hydrogen (secondary N) is 1. The molecule has 1 aliphatic rings. The Bertz CT molecular complexity index is 553. The summed E-state index contributed by atoms with van der Waals surface area (Å²) in [6, 6.07) is 8.59. The second kappa shape index (κ2) is 4.04. The molecule has 1 heterocycles. The van der Waals surface area contributed by atoms with Gasteiger partial charge in [-0.2, -0.15) is 0 Å². The third-order valence-electron chi connectivity index (χ3n) is 3.90. The number of allylic oxidation sites excluding steroid dienone is 1. The largest absolute Gasteiger partial charge is 0.358 e. The molecule has 0 radical (unpaired) electrons. The zero-order chi connectivity index (χ0) is 11.8. The molecule has 0 saturated carbocycles. The number of H-pyrrole nitrogens is 1. The van der Waals surface area contributed by atoms with Crippen LogP contribution in [0.1, 0.15) is 30.1 Å². The maximum Gasteiger partial charge on any atom is 0.0459 e. The molecule has 2 nitrogen and oxygen atoms in total. The molecule has 1 aromatic carbocycles. The van der Waals surface area contributed by atoms with Crippen molar-refractivity contribution in [1.82, 2.24) is 4.98 Å². The van der Waals surface area contributed by atoms with Crippen molar-refractivity contribution in [3.05, 3.63) is 48.2 Å². The van der Waals surface area contributed by atoms with Gasteiger partial charge in [0.05, 0.1) is 0 Å². The molecule has 88 valence electrons.